The summed E-state index contributed by atoms with van der Waals surface area (Å²) in [6.45, 7) is 1.88. The van der Waals surface area contributed by atoms with Crippen LogP contribution in [0, 0.1) is 12.7 Å². The van der Waals surface area contributed by atoms with Gasteiger partial charge < -0.3 is 0 Å². The number of hydrogen-bond acceptors (Lipinski definition) is 2. The van der Waals surface area contributed by atoms with Gasteiger partial charge in [-0.05, 0) is 30.0 Å². The molecule has 1 aromatic carbocycles. The topological polar surface area (TPSA) is 17.1 Å². The van der Waals surface area contributed by atoms with E-state index in [1.165, 1.54) is 23.5 Å². The highest BCUT2D eigenvalue weighted by atomic mass is 32.1. The van der Waals surface area contributed by atoms with E-state index >= 15 is 0 Å². The summed E-state index contributed by atoms with van der Waals surface area (Å²) in [5, 5.41) is 3.70. The zero-order valence-corrected chi connectivity index (χ0v) is 8.98. The fourth-order valence-corrected chi connectivity index (χ4v) is 2.21. The summed E-state index contributed by atoms with van der Waals surface area (Å²) in [5.41, 5.74) is 2.00. The van der Waals surface area contributed by atoms with Crippen LogP contribution in [0.3, 0.4) is 0 Å². The molecule has 1 nitrogen and oxygen atoms in total. The second-order valence-corrected chi connectivity index (χ2v) is 4.05. The number of ketones is 1. The van der Waals surface area contributed by atoms with Gasteiger partial charge in [0.25, 0.3) is 0 Å². The Bertz CT molecular complexity index is 502. The van der Waals surface area contributed by atoms with E-state index in [4.69, 9.17) is 0 Å². The lowest BCUT2D eigenvalue weighted by atomic mass is 10.0. The van der Waals surface area contributed by atoms with Crippen LogP contribution in [-0.4, -0.2) is 5.78 Å². The fraction of sp³-hybridized carbons (Fsp3) is 0.0833. The van der Waals surface area contributed by atoms with Crippen molar-refractivity contribution in [1.29, 1.82) is 0 Å². The first kappa shape index (κ1) is 10.1. The standard InChI is InChI=1S/C12H9FOS/c1-8-6-15-7-11(8)12(14)9-3-2-4-10(13)5-9/h2-7H,1H3. The number of carbonyl (C=O) groups is 1. The minimum Gasteiger partial charge on any atom is -0.289 e. The minimum atomic E-state index is -0.381. The summed E-state index contributed by atoms with van der Waals surface area (Å²) in [4.78, 5) is 11.9. The van der Waals surface area contributed by atoms with Crippen molar-refractivity contribution in [3.05, 3.63) is 57.5 Å². The molecule has 0 atom stereocenters. The van der Waals surface area contributed by atoms with E-state index in [1.54, 1.807) is 17.5 Å². The van der Waals surface area contributed by atoms with Crippen LogP contribution in [0.5, 0.6) is 0 Å². The zero-order chi connectivity index (χ0) is 10.8. The Morgan fingerprint density at radius 3 is 2.73 bits per heavy atom. The number of halogens is 1. The predicted molar refractivity (Wildman–Crippen MR) is 58.9 cm³/mol. The maximum atomic E-state index is 12.9. The van der Waals surface area contributed by atoms with Gasteiger partial charge in [-0.3, -0.25) is 4.79 Å². The number of benzene rings is 1. The molecule has 1 heterocycles. The highest BCUT2D eigenvalue weighted by Crippen LogP contribution is 2.18. The molecule has 3 heteroatoms. The van der Waals surface area contributed by atoms with Gasteiger partial charge in [0.1, 0.15) is 5.82 Å². The molecule has 0 saturated carbocycles. The molecule has 0 unspecified atom stereocenters. The molecule has 0 spiro atoms. The third-order valence-corrected chi connectivity index (χ3v) is 3.05. The lowest BCUT2D eigenvalue weighted by Gasteiger charge is -1.99. The molecule has 2 rings (SSSR count). The molecule has 0 aliphatic rings. The van der Waals surface area contributed by atoms with Crippen LogP contribution in [-0.2, 0) is 0 Å². The molecule has 0 aliphatic heterocycles. The van der Waals surface area contributed by atoms with Gasteiger partial charge in [0.2, 0.25) is 0 Å². The SMILES string of the molecule is Cc1cscc1C(=O)c1cccc(F)c1. The first-order valence-corrected chi connectivity index (χ1v) is 5.46. The van der Waals surface area contributed by atoms with Crippen molar-refractivity contribution >= 4 is 17.1 Å². The predicted octanol–water partition coefficient (Wildman–Crippen LogP) is 3.43. The Labute approximate surface area is 91.2 Å². The van der Waals surface area contributed by atoms with Crippen LogP contribution in [0.1, 0.15) is 21.5 Å². The van der Waals surface area contributed by atoms with E-state index in [2.05, 4.69) is 0 Å². The second kappa shape index (κ2) is 3.95. The Morgan fingerprint density at radius 2 is 2.13 bits per heavy atom. The summed E-state index contributed by atoms with van der Waals surface area (Å²) in [6.07, 6.45) is 0. The largest absolute Gasteiger partial charge is 0.289 e. The molecule has 0 amide bonds. The summed E-state index contributed by atoms with van der Waals surface area (Å²) in [5.74, 6) is -0.498. The molecule has 0 bridgehead atoms. The van der Waals surface area contributed by atoms with Crippen LogP contribution in [0.4, 0.5) is 4.39 Å². The number of hydrogen-bond donors (Lipinski definition) is 0. The maximum absolute atomic E-state index is 12.9. The van der Waals surface area contributed by atoms with Crippen LogP contribution in [0.2, 0.25) is 0 Å². The Balaban J connectivity index is 2.41. The van der Waals surface area contributed by atoms with E-state index in [9.17, 15) is 9.18 Å². The Hall–Kier alpha value is -1.48. The summed E-state index contributed by atoms with van der Waals surface area (Å²) in [6, 6.07) is 5.77. The summed E-state index contributed by atoms with van der Waals surface area (Å²) < 4.78 is 12.9. The molecule has 1 aromatic heterocycles. The van der Waals surface area contributed by atoms with Crippen LogP contribution < -0.4 is 0 Å². The first-order valence-electron chi connectivity index (χ1n) is 4.51. The van der Waals surface area contributed by atoms with E-state index in [0.717, 1.165) is 5.56 Å². The molecule has 0 fully saturated rings. The zero-order valence-electron chi connectivity index (χ0n) is 8.16. The van der Waals surface area contributed by atoms with Gasteiger partial charge in [0.05, 0.1) is 0 Å². The summed E-state index contributed by atoms with van der Waals surface area (Å²) >= 11 is 1.48. The van der Waals surface area contributed by atoms with Crippen molar-refractivity contribution in [2.24, 2.45) is 0 Å². The van der Waals surface area contributed by atoms with Gasteiger partial charge in [0, 0.05) is 16.5 Å². The quantitative estimate of drug-likeness (QED) is 0.709. The van der Waals surface area contributed by atoms with Crippen LogP contribution in [0.25, 0.3) is 0 Å². The van der Waals surface area contributed by atoms with E-state index in [1.807, 2.05) is 12.3 Å². The second-order valence-electron chi connectivity index (χ2n) is 3.31. The number of rotatable bonds is 2. The molecule has 0 aliphatic carbocycles. The maximum Gasteiger partial charge on any atom is 0.194 e. The Kier molecular flexibility index (Phi) is 2.64. The van der Waals surface area contributed by atoms with E-state index in [0.29, 0.717) is 11.1 Å². The minimum absolute atomic E-state index is 0.117. The van der Waals surface area contributed by atoms with Crippen molar-refractivity contribution in [2.75, 3.05) is 0 Å². The van der Waals surface area contributed by atoms with E-state index in [-0.39, 0.29) is 11.6 Å². The Morgan fingerprint density at radius 1 is 1.33 bits per heavy atom. The normalized spacial score (nSPS) is 10.3. The van der Waals surface area contributed by atoms with Crippen molar-refractivity contribution in [3.63, 3.8) is 0 Å². The lowest BCUT2D eigenvalue weighted by Crippen LogP contribution is -2.01. The molecule has 15 heavy (non-hydrogen) atoms. The van der Waals surface area contributed by atoms with Gasteiger partial charge in [0.15, 0.2) is 5.78 Å². The van der Waals surface area contributed by atoms with Gasteiger partial charge in [-0.1, -0.05) is 12.1 Å². The average Bonchev–Trinajstić information content (AvgIpc) is 2.63. The molecule has 0 N–H and O–H groups in total. The lowest BCUT2D eigenvalue weighted by molar-refractivity contribution is 0.103. The van der Waals surface area contributed by atoms with Crippen LogP contribution >= 0.6 is 11.3 Å². The molecule has 76 valence electrons. The first-order chi connectivity index (χ1) is 7.18. The highest BCUT2D eigenvalue weighted by molar-refractivity contribution is 7.08. The molecular formula is C12H9FOS. The van der Waals surface area contributed by atoms with Crippen molar-refractivity contribution in [1.82, 2.24) is 0 Å². The number of thiophene rings is 1. The molecule has 0 saturated heterocycles. The van der Waals surface area contributed by atoms with Crippen molar-refractivity contribution in [2.45, 2.75) is 6.92 Å². The van der Waals surface area contributed by atoms with Crippen molar-refractivity contribution < 1.29 is 9.18 Å². The fourth-order valence-electron chi connectivity index (χ4n) is 1.38. The average molecular weight is 220 g/mol. The van der Waals surface area contributed by atoms with Crippen LogP contribution in [0.15, 0.2) is 35.0 Å². The van der Waals surface area contributed by atoms with Gasteiger partial charge in [-0.25, -0.2) is 4.39 Å². The highest BCUT2D eigenvalue weighted by Gasteiger charge is 2.12. The number of carbonyl (C=O) groups excluding carboxylic acids is 1. The monoisotopic (exact) mass is 220 g/mol. The van der Waals surface area contributed by atoms with Gasteiger partial charge in [-0.2, -0.15) is 11.3 Å². The van der Waals surface area contributed by atoms with Gasteiger partial charge in [-0.15, -0.1) is 0 Å². The molecule has 0 radical (unpaired) electrons. The van der Waals surface area contributed by atoms with Crippen molar-refractivity contribution in [3.8, 4) is 0 Å². The van der Waals surface area contributed by atoms with Gasteiger partial charge >= 0.3 is 0 Å². The summed E-state index contributed by atoms with van der Waals surface area (Å²) in [7, 11) is 0. The third kappa shape index (κ3) is 1.97. The number of aryl methyl sites for hydroxylation is 1. The smallest absolute Gasteiger partial charge is 0.194 e. The molecule has 2 aromatic rings. The third-order valence-electron chi connectivity index (χ3n) is 2.19. The van der Waals surface area contributed by atoms with E-state index < -0.39 is 0 Å². The molecular weight excluding hydrogens is 211 g/mol.